The molecule has 188 valence electrons. The van der Waals surface area contributed by atoms with Gasteiger partial charge in [0.2, 0.25) is 11.8 Å². The molecule has 2 aromatic carbocycles. The summed E-state index contributed by atoms with van der Waals surface area (Å²) in [7, 11) is 1.72. The molecule has 3 rings (SSSR count). The maximum atomic E-state index is 13.4. The van der Waals surface area contributed by atoms with Crippen LogP contribution in [0.15, 0.2) is 48.5 Å². The predicted octanol–water partition coefficient (Wildman–Crippen LogP) is 3.60. The summed E-state index contributed by atoms with van der Waals surface area (Å²) in [5, 5.41) is 9.10. The molecule has 1 heterocycles. The Labute approximate surface area is 211 Å². The van der Waals surface area contributed by atoms with E-state index in [9.17, 15) is 14.4 Å². The van der Waals surface area contributed by atoms with Crippen LogP contribution in [-0.4, -0.2) is 56.1 Å². The fraction of sp³-hybridized carbons (Fsp3) is 0.423. The van der Waals surface area contributed by atoms with E-state index in [0.29, 0.717) is 36.6 Å². The number of hydrogen-bond donors (Lipinski definition) is 3. The molecule has 0 saturated carbocycles. The van der Waals surface area contributed by atoms with Gasteiger partial charge in [0.05, 0.1) is 12.0 Å². The maximum absolute atomic E-state index is 13.4. The molecule has 3 amide bonds. The third kappa shape index (κ3) is 7.19. The highest BCUT2D eigenvalue weighted by molar-refractivity contribution is 6.31. The first-order valence-corrected chi connectivity index (χ1v) is 12.2. The molecule has 0 aliphatic carbocycles. The van der Waals surface area contributed by atoms with E-state index in [0.717, 1.165) is 17.5 Å². The van der Waals surface area contributed by atoms with E-state index in [4.69, 9.17) is 16.3 Å². The number of piperidine rings is 1. The second kappa shape index (κ2) is 12.6. The van der Waals surface area contributed by atoms with Gasteiger partial charge in [-0.05, 0) is 55.6 Å². The molecule has 1 fully saturated rings. The minimum Gasteiger partial charge on any atom is -0.448 e. The molecule has 2 aromatic rings. The van der Waals surface area contributed by atoms with Crippen LogP contribution in [0, 0.1) is 5.41 Å². The number of carbonyl (C=O) groups is 3. The number of likely N-dealkylation sites (tertiary alicyclic amines) is 1. The Morgan fingerprint density at radius 3 is 2.37 bits per heavy atom. The lowest BCUT2D eigenvalue weighted by molar-refractivity contribution is -0.142. The van der Waals surface area contributed by atoms with Gasteiger partial charge in [-0.3, -0.25) is 14.9 Å². The van der Waals surface area contributed by atoms with Gasteiger partial charge in [-0.25, -0.2) is 4.79 Å². The fourth-order valence-electron chi connectivity index (χ4n) is 4.07. The number of rotatable bonds is 9. The zero-order valence-corrected chi connectivity index (χ0v) is 21.0. The van der Waals surface area contributed by atoms with E-state index in [-0.39, 0.29) is 31.5 Å². The Kier molecular flexibility index (Phi) is 9.51. The second-order valence-electron chi connectivity index (χ2n) is 8.72. The molecule has 0 radical (unpaired) electrons. The number of amides is 3. The number of nitrogens with zero attached hydrogens (tertiary/aromatic N) is 1. The third-order valence-electron chi connectivity index (χ3n) is 6.37. The van der Waals surface area contributed by atoms with Crippen molar-refractivity contribution in [2.24, 2.45) is 5.41 Å². The summed E-state index contributed by atoms with van der Waals surface area (Å²) in [6, 6.07) is 14.8. The van der Waals surface area contributed by atoms with Crippen LogP contribution in [0.2, 0.25) is 5.02 Å². The molecule has 8 nitrogen and oxygen atoms in total. The zero-order chi connectivity index (χ0) is 25.3. The average Bonchev–Trinajstić information content (AvgIpc) is 2.87. The first kappa shape index (κ1) is 26.5. The summed E-state index contributed by atoms with van der Waals surface area (Å²) in [5.74, 6) is -0.245. The summed E-state index contributed by atoms with van der Waals surface area (Å²) >= 11 is 6.23. The van der Waals surface area contributed by atoms with Crippen molar-refractivity contribution in [2.45, 2.75) is 32.7 Å². The van der Waals surface area contributed by atoms with Gasteiger partial charge in [-0.1, -0.05) is 48.9 Å². The number of benzene rings is 2. The van der Waals surface area contributed by atoms with Crippen molar-refractivity contribution < 1.29 is 19.1 Å². The number of hydrogen-bond acceptors (Lipinski definition) is 5. The Morgan fingerprint density at radius 2 is 1.74 bits per heavy atom. The van der Waals surface area contributed by atoms with Gasteiger partial charge >= 0.3 is 6.09 Å². The highest BCUT2D eigenvalue weighted by Gasteiger charge is 2.43. The Balaban J connectivity index is 1.66. The van der Waals surface area contributed by atoms with E-state index in [1.165, 1.54) is 0 Å². The Hall–Kier alpha value is -3.10. The molecule has 0 atom stereocenters. The van der Waals surface area contributed by atoms with Gasteiger partial charge in [0.1, 0.15) is 6.61 Å². The van der Waals surface area contributed by atoms with Crippen LogP contribution in [0.3, 0.4) is 0 Å². The topological polar surface area (TPSA) is 99.8 Å². The molecule has 1 aliphatic heterocycles. The standard InChI is InChI=1S/C26H33ClN4O4/c1-3-19-8-10-21(11-9-19)30-25(34)35-18-26(12-14-31(15-13-26)23(32)17-28-2)24(33)29-16-20-6-4-5-7-22(20)27/h4-11,28H,3,12-18H2,1-2H3,(H,29,33)(H,30,34). The predicted molar refractivity (Wildman–Crippen MR) is 136 cm³/mol. The number of ether oxygens (including phenoxy) is 1. The largest absolute Gasteiger partial charge is 0.448 e. The lowest BCUT2D eigenvalue weighted by atomic mass is 9.78. The first-order valence-electron chi connectivity index (χ1n) is 11.8. The van der Waals surface area contributed by atoms with Gasteiger partial charge in [-0.15, -0.1) is 0 Å². The van der Waals surface area contributed by atoms with Crippen LogP contribution in [0.1, 0.15) is 30.9 Å². The van der Waals surface area contributed by atoms with Crippen molar-refractivity contribution in [1.29, 1.82) is 0 Å². The van der Waals surface area contributed by atoms with Crippen molar-refractivity contribution in [3.8, 4) is 0 Å². The van der Waals surface area contributed by atoms with Crippen molar-refractivity contribution in [3.05, 3.63) is 64.7 Å². The van der Waals surface area contributed by atoms with Crippen LogP contribution >= 0.6 is 11.6 Å². The average molecular weight is 501 g/mol. The summed E-state index contributed by atoms with van der Waals surface area (Å²) in [6.07, 6.45) is 1.05. The van der Waals surface area contributed by atoms with E-state index >= 15 is 0 Å². The molecule has 0 aromatic heterocycles. The van der Waals surface area contributed by atoms with Gasteiger partial charge in [-0.2, -0.15) is 0 Å². The zero-order valence-electron chi connectivity index (χ0n) is 20.2. The van der Waals surface area contributed by atoms with Crippen LogP contribution in [0.5, 0.6) is 0 Å². The monoisotopic (exact) mass is 500 g/mol. The first-order chi connectivity index (χ1) is 16.9. The number of anilines is 1. The third-order valence-corrected chi connectivity index (χ3v) is 6.74. The molecule has 0 unspecified atom stereocenters. The van der Waals surface area contributed by atoms with Crippen molar-refractivity contribution >= 4 is 35.2 Å². The normalized spacial score (nSPS) is 14.8. The van der Waals surface area contributed by atoms with Gasteiger partial charge in [0.15, 0.2) is 0 Å². The highest BCUT2D eigenvalue weighted by atomic mass is 35.5. The number of carbonyl (C=O) groups excluding carboxylic acids is 3. The Bertz CT molecular complexity index is 1020. The lowest BCUT2D eigenvalue weighted by Gasteiger charge is -2.40. The number of nitrogens with one attached hydrogen (secondary N) is 3. The molecule has 1 saturated heterocycles. The molecule has 9 heteroatoms. The maximum Gasteiger partial charge on any atom is 0.411 e. The van der Waals surface area contributed by atoms with E-state index in [1.807, 2.05) is 42.5 Å². The second-order valence-corrected chi connectivity index (χ2v) is 9.12. The molecule has 0 spiro atoms. The van der Waals surface area contributed by atoms with Crippen LogP contribution in [0.4, 0.5) is 10.5 Å². The van der Waals surface area contributed by atoms with Gasteiger partial charge in [0, 0.05) is 30.3 Å². The number of likely N-dealkylation sites (N-methyl/N-ethyl adjacent to an activating group) is 1. The summed E-state index contributed by atoms with van der Waals surface area (Å²) in [4.78, 5) is 39.9. The highest BCUT2D eigenvalue weighted by Crippen LogP contribution is 2.33. The summed E-state index contributed by atoms with van der Waals surface area (Å²) in [5.41, 5.74) is 1.64. The van der Waals surface area contributed by atoms with E-state index in [2.05, 4.69) is 22.9 Å². The quantitative estimate of drug-likeness (QED) is 0.488. The minimum absolute atomic E-state index is 0.0215. The van der Waals surface area contributed by atoms with Gasteiger partial charge in [0.25, 0.3) is 0 Å². The number of halogens is 1. The minimum atomic E-state index is -0.943. The van der Waals surface area contributed by atoms with Gasteiger partial charge < -0.3 is 20.3 Å². The molecule has 35 heavy (non-hydrogen) atoms. The van der Waals surface area contributed by atoms with Crippen molar-refractivity contribution in [1.82, 2.24) is 15.5 Å². The van der Waals surface area contributed by atoms with Crippen molar-refractivity contribution in [3.63, 3.8) is 0 Å². The SMILES string of the molecule is CCc1ccc(NC(=O)OCC2(C(=O)NCc3ccccc3Cl)CCN(C(=O)CNC)CC2)cc1. The van der Waals surface area contributed by atoms with Crippen molar-refractivity contribution in [2.75, 3.05) is 38.6 Å². The molecule has 0 bridgehead atoms. The summed E-state index contributed by atoms with van der Waals surface area (Å²) in [6.45, 7) is 3.28. The van der Waals surface area contributed by atoms with Crippen LogP contribution in [0.25, 0.3) is 0 Å². The molecule has 3 N–H and O–H groups in total. The van der Waals surface area contributed by atoms with E-state index in [1.54, 1.807) is 18.0 Å². The van der Waals surface area contributed by atoms with E-state index < -0.39 is 11.5 Å². The molecular weight excluding hydrogens is 468 g/mol. The summed E-state index contributed by atoms with van der Waals surface area (Å²) < 4.78 is 5.53. The Morgan fingerprint density at radius 1 is 1.06 bits per heavy atom. The molecular formula is C26H33ClN4O4. The fourth-order valence-corrected chi connectivity index (χ4v) is 4.27. The lowest BCUT2D eigenvalue weighted by Crippen LogP contribution is -2.53. The van der Waals surface area contributed by atoms with Crippen LogP contribution in [-0.2, 0) is 27.3 Å². The molecule has 1 aliphatic rings. The number of aryl methyl sites for hydroxylation is 1. The van der Waals surface area contributed by atoms with Crippen LogP contribution < -0.4 is 16.0 Å². The smallest absolute Gasteiger partial charge is 0.411 e.